The maximum atomic E-state index is 6.35. The van der Waals surface area contributed by atoms with Crippen LogP contribution in [-0.2, 0) is 24.1 Å². The monoisotopic (exact) mass is 458 g/mol. The van der Waals surface area contributed by atoms with E-state index in [1.54, 1.807) is 0 Å². The molecule has 4 rings (SSSR count). The molecule has 5 heteroatoms. The Morgan fingerprint density at radius 3 is 2.41 bits per heavy atom. The highest BCUT2D eigenvalue weighted by Crippen LogP contribution is 2.29. The molecule has 2 N–H and O–H groups in total. The number of benzene rings is 2. The number of ether oxygens (including phenoxy) is 1. The number of anilines is 1. The molecule has 180 valence electrons. The standard InChI is InChI=1S/C29H38N4O/c1-2-3-4-5-6-10-19-26-32-27-28(24-17-11-12-18-25(24)31-29(27)30)33(26)20-22-34-21-13-16-23-14-8-7-9-15-23/h7-9,11-12,14-15,17-18H,2-6,10,13,16,19-22H2,1H3,(H2,30,31). The van der Waals surface area contributed by atoms with E-state index in [4.69, 9.17) is 15.5 Å². The van der Waals surface area contributed by atoms with Gasteiger partial charge in [-0.2, -0.15) is 0 Å². The molecule has 0 spiro atoms. The predicted molar refractivity (Wildman–Crippen MR) is 142 cm³/mol. The van der Waals surface area contributed by atoms with Gasteiger partial charge in [-0.3, -0.25) is 0 Å². The lowest BCUT2D eigenvalue weighted by atomic mass is 10.1. The smallest absolute Gasteiger partial charge is 0.152 e. The van der Waals surface area contributed by atoms with Crippen LogP contribution in [0.15, 0.2) is 54.6 Å². The molecule has 4 aromatic rings. The number of fused-ring (bicyclic) bond motifs is 3. The number of nitrogen functional groups attached to an aromatic ring is 1. The molecule has 2 aromatic heterocycles. The van der Waals surface area contributed by atoms with Crippen molar-refractivity contribution in [2.24, 2.45) is 0 Å². The Hall–Kier alpha value is -2.92. The molecule has 0 fully saturated rings. The molecule has 0 aliphatic heterocycles. The van der Waals surface area contributed by atoms with Crippen LogP contribution in [0.1, 0.15) is 63.3 Å². The van der Waals surface area contributed by atoms with Gasteiger partial charge in [0.05, 0.1) is 17.6 Å². The van der Waals surface area contributed by atoms with Crippen LogP contribution >= 0.6 is 0 Å². The third-order valence-electron chi connectivity index (χ3n) is 6.50. The van der Waals surface area contributed by atoms with Gasteiger partial charge >= 0.3 is 0 Å². The van der Waals surface area contributed by atoms with Crippen molar-refractivity contribution in [3.05, 3.63) is 66.0 Å². The van der Waals surface area contributed by atoms with E-state index in [-0.39, 0.29) is 0 Å². The number of para-hydroxylation sites is 1. The lowest BCUT2D eigenvalue weighted by Gasteiger charge is -2.12. The molecule has 0 aliphatic rings. The molecule has 34 heavy (non-hydrogen) atoms. The molecule has 5 nitrogen and oxygen atoms in total. The van der Waals surface area contributed by atoms with Gasteiger partial charge < -0.3 is 15.0 Å². The quantitative estimate of drug-likeness (QED) is 0.213. The number of aryl methyl sites for hydroxylation is 2. The maximum absolute atomic E-state index is 6.35. The van der Waals surface area contributed by atoms with Crippen molar-refractivity contribution in [3.63, 3.8) is 0 Å². The summed E-state index contributed by atoms with van der Waals surface area (Å²) in [5.41, 5.74) is 10.5. The fourth-order valence-electron chi connectivity index (χ4n) is 4.68. The number of hydrogen-bond donors (Lipinski definition) is 1. The van der Waals surface area contributed by atoms with Crippen molar-refractivity contribution in [1.82, 2.24) is 14.5 Å². The highest BCUT2D eigenvalue weighted by molar-refractivity contribution is 6.06. The second-order valence-corrected chi connectivity index (χ2v) is 9.11. The lowest BCUT2D eigenvalue weighted by Crippen LogP contribution is -2.11. The Balaban J connectivity index is 1.44. The first-order valence-corrected chi connectivity index (χ1v) is 12.9. The van der Waals surface area contributed by atoms with Crippen LogP contribution in [-0.4, -0.2) is 27.7 Å². The molecule has 0 bridgehead atoms. The summed E-state index contributed by atoms with van der Waals surface area (Å²) < 4.78 is 8.38. The van der Waals surface area contributed by atoms with Gasteiger partial charge in [0.2, 0.25) is 0 Å². The number of aromatic nitrogens is 3. The number of pyridine rings is 1. The van der Waals surface area contributed by atoms with E-state index in [1.807, 2.05) is 12.1 Å². The second-order valence-electron chi connectivity index (χ2n) is 9.11. The molecule has 0 aliphatic carbocycles. The summed E-state index contributed by atoms with van der Waals surface area (Å²) in [5.74, 6) is 1.61. The van der Waals surface area contributed by atoms with Crippen LogP contribution in [0.2, 0.25) is 0 Å². The van der Waals surface area contributed by atoms with Crippen molar-refractivity contribution in [1.29, 1.82) is 0 Å². The summed E-state index contributed by atoms with van der Waals surface area (Å²) in [6, 6.07) is 18.8. The Morgan fingerprint density at radius 1 is 0.794 bits per heavy atom. The lowest BCUT2D eigenvalue weighted by molar-refractivity contribution is 0.124. The van der Waals surface area contributed by atoms with Crippen LogP contribution in [0.3, 0.4) is 0 Å². The van der Waals surface area contributed by atoms with Crippen LogP contribution in [0.4, 0.5) is 5.82 Å². The highest BCUT2D eigenvalue weighted by Gasteiger charge is 2.17. The molecule has 0 radical (unpaired) electrons. The zero-order chi connectivity index (χ0) is 23.6. The summed E-state index contributed by atoms with van der Waals surface area (Å²) in [6.07, 6.45) is 10.7. The molecule has 0 atom stereocenters. The van der Waals surface area contributed by atoms with Crippen LogP contribution in [0.5, 0.6) is 0 Å². The first-order chi connectivity index (χ1) is 16.8. The van der Waals surface area contributed by atoms with E-state index in [0.29, 0.717) is 12.4 Å². The molecular weight excluding hydrogens is 420 g/mol. The predicted octanol–water partition coefficient (Wildman–Crippen LogP) is 6.72. The molecule has 0 amide bonds. The topological polar surface area (TPSA) is 66.0 Å². The fraction of sp³-hybridized carbons (Fsp3) is 0.448. The summed E-state index contributed by atoms with van der Waals surface area (Å²) in [7, 11) is 0. The van der Waals surface area contributed by atoms with Crippen molar-refractivity contribution >= 4 is 27.8 Å². The van der Waals surface area contributed by atoms with Crippen molar-refractivity contribution in [3.8, 4) is 0 Å². The molecule has 0 unspecified atom stereocenters. The molecule has 0 saturated heterocycles. The number of nitrogens with two attached hydrogens (primary N) is 1. The molecule has 0 saturated carbocycles. The zero-order valence-corrected chi connectivity index (χ0v) is 20.5. The van der Waals surface area contributed by atoms with Gasteiger partial charge in [-0.25, -0.2) is 9.97 Å². The minimum absolute atomic E-state index is 0.514. The summed E-state index contributed by atoms with van der Waals surface area (Å²) in [5, 5.41) is 1.11. The van der Waals surface area contributed by atoms with E-state index >= 15 is 0 Å². The number of nitrogens with zero attached hydrogens (tertiary/aromatic N) is 3. The van der Waals surface area contributed by atoms with Crippen LogP contribution in [0, 0.1) is 0 Å². The SMILES string of the molecule is CCCCCCCCc1nc2c(N)nc3ccccc3c2n1CCOCCCc1ccccc1. The normalized spacial score (nSPS) is 11.6. The summed E-state index contributed by atoms with van der Waals surface area (Å²) in [6.45, 7) is 4.47. The van der Waals surface area contributed by atoms with Crippen molar-refractivity contribution < 1.29 is 4.74 Å². The van der Waals surface area contributed by atoms with E-state index in [9.17, 15) is 0 Å². The third kappa shape index (κ3) is 6.15. The van der Waals surface area contributed by atoms with E-state index in [0.717, 1.165) is 66.6 Å². The van der Waals surface area contributed by atoms with E-state index in [2.05, 4.69) is 58.9 Å². The van der Waals surface area contributed by atoms with Gasteiger partial charge in [-0.15, -0.1) is 0 Å². The van der Waals surface area contributed by atoms with Gasteiger partial charge in [0.1, 0.15) is 11.3 Å². The largest absolute Gasteiger partial charge is 0.382 e. The Bertz CT molecular complexity index is 1170. The molecular formula is C29H38N4O. The number of unbranched alkanes of at least 4 members (excludes halogenated alkanes) is 5. The first-order valence-electron chi connectivity index (χ1n) is 12.9. The average Bonchev–Trinajstić information content (AvgIpc) is 3.23. The average molecular weight is 459 g/mol. The summed E-state index contributed by atoms with van der Waals surface area (Å²) >= 11 is 0. The molecule has 2 aromatic carbocycles. The second kappa shape index (κ2) is 12.5. The molecule has 2 heterocycles. The van der Waals surface area contributed by atoms with Gasteiger partial charge in [-0.1, -0.05) is 87.6 Å². The number of rotatable bonds is 14. The van der Waals surface area contributed by atoms with Crippen LogP contribution in [0.25, 0.3) is 21.9 Å². The van der Waals surface area contributed by atoms with Crippen LogP contribution < -0.4 is 5.73 Å². The van der Waals surface area contributed by atoms with E-state index < -0.39 is 0 Å². The number of hydrogen-bond acceptors (Lipinski definition) is 4. The van der Waals surface area contributed by atoms with Gasteiger partial charge in [0, 0.05) is 25.0 Å². The van der Waals surface area contributed by atoms with Crippen molar-refractivity contribution in [2.75, 3.05) is 18.9 Å². The van der Waals surface area contributed by atoms with E-state index in [1.165, 1.54) is 37.7 Å². The van der Waals surface area contributed by atoms with Gasteiger partial charge in [-0.05, 0) is 30.9 Å². The first kappa shape index (κ1) is 24.2. The Morgan fingerprint density at radius 2 is 1.56 bits per heavy atom. The minimum Gasteiger partial charge on any atom is -0.382 e. The summed E-state index contributed by atoms with van der Waals surface area (Å²) in [4.78, 5) is 9.58. The Labute approximate surface area is 203 Å². The minimum atomic E-state index is 0.514. The number of imidazole rings is 1. The third-order valence-corrected chi connectivity index (χ3v) is 6.50. The fourth-order valence-corrected chi connectivity index (χ4v) is 4.68. The van der Waals surface area contributed by atoms with Gasteiger partial charge in [0.15, 0.2) is 5.82 Å². The van der Waals surface area contributed by atoms with Gasteiger partial charge in [0.25, 0.3) is 0 Å². The Kier molecular flexibility index (Phi) is 8.91. The highest BCUT2D eigenvalue weighted by atomic mass is 16.5. The zero-order valence-electron chi connectivity index (χ0n) is 20.5. The van der Waals surface area contributed by atoms with Crippen molar-refractivity contribution in [2.45, 2.75) is 71.3 Å². The maximum Gasteiger partial charge on any atom is 0.152 e.